The van der Waals surface area contributed by atoms with Gasteiger partial charge in [0.25, 0.3) is 5.56 Å². The maximum atomic E-state index is 12.0. The van der Waals surface area contributed by atoms with E-state index in [1.54, 1.807) is 18.5 Å². The zero-order chi connectivity index (χ0) is 12.8. The molecule has 5 nitrogen and oxygen atoms in total. The summed E-state index contributed by atoms with van der Waals surface area (Å²) in [6, 6.07) is 1.69. The Hall–Kier alpha value is -1.75. The first-order valence-corrected chi connectivity index (χ1v) is 6.82. The van der Waals surface area contributed by atoms with Crippen LogP contribution in [-0.4, -0.2) is 21.1 Å². The van der Waals surface area contributed by atoms with E-state index in [9.17, 15) is 4.79 Å². The molecule has 2 aromatic heterocycles. The van der Waals surface area contributed by atoms with Gasteiger partial charge in [-0.25, -0.2) is 4.98 Å². The predicted molar refractivity (Wildman–Crippen MR) is 69.7 cm³/mol. The molecule has 0 bridgehead atoms. The Morgan fingerprint density at radius 1 is 1.32 bits per heavy atom. The normalized spacial score (nSPS) is 26.9. The van der Waals surface area contributed by atoms with Crippen LogP contribution in [-0.2, 0) is 4.74 Å². The van der Waals surface area contributed by atoms with Crippen molar-refractivity contribution in [3.8, 4) is 0 Å². The highest BCUT2D eigenvalue weighted by Crippen LogP contribution is 2.47. The van der Waals surface area contributed by atoms with E-state index >= 15 is 0 Å². The van der Waals surface area contributed by atoms with Crippen LogP contribution in [0.5, 0.6) is 0 Å². The van der Waals surface area contributed by atoms with Crippen molar-refractivity contribution in [2.75, 3.05) is 0 Å². The third-order valence-corrected chi connectivity index (χ3v) is 4.19. The molecule has 0 radical (unpaired) electrons. The second kappa shape index (κ2) is 4.13. The summed E-state index contributed by atoms with van der Waals surface area (Å²) in [5.41, 5.74) is 0.532. The van der Waals surface area contributed by atoms with Gasteiger partial charge >= 0.3 is 0 Å². The first-order chi connectivity index (χ1) is 9.33. The lowest BCUT2D eigenvalue weighted by atomic mass is 10.0. The molecule has 5 heteroatoms. The number of epoxide rings is 1. The molecule has 1 aliphatic heterocycles. The molecule has 2 aromatic rings. The summed E-state index contributed by atoms with van der Waals surface area (Å²) in [7, 11) is 0. The molecule has 0 amide bonds. The number of nitrogens with one attached hydrogen (secondary N) is 1. The summed E-state index contributed by atoms with van der Waals surface area (Å²) in [4.78, 5) is 23.3. The van der Waals surface area contributed by atoms with E-state index in [1.165, 1.54) is 25.7 Å². The summed E-state index contributed by atoms with van der Waals surface area (Å²) < 4.78 is 5.74. The third kappa shape index (κ3) is 1.85. The van der Waals surface area contributed by atoms with E-state index in [1.807, 2.05) is 0 Å². The summed E-state index contributed by atoms with van der Waals surface area (Å²) >= 11 is 0. The fourth-order valence-corrected chi connectivity index (χ4v) is 3.13. The van der Waals surface area contributed by atoms with Crippen LogP contribution in [0.2, 0.25) is 0 Å². The fraction of sp³-hybridized carbons (Fsp3) is 0.500. The molecule has 98 valence electrons. The Morgan fingerprint density at radius 2 is 2.16 bits per heavy atom. The van der Waals surface area contributed by atoms with Crippen LogP contribution in [0.4, 0.5) is 0 Å². The van der Waals surface area contributed by atoms with Gasteiger partial charge in [0.2, 0.25) is 0 Å². The molecule has 2 unspecified atom stereocenters. The number of hydrogen-bond donors (Lipinski definition) is 1. The van der Waals surface area contributed by atoms with E-state index in [0.717, 1.165) is 0 Å². The number of fused-ring (bicyclic) bond motifs is 1. The van der Waals surface area contributed by atoms with Crippen LogP contribution in [0.15, 0.2) is 23.3 Å². The maximum absolute atomic E-state index is 12.0. The van der Waals surface area contributed by atoms with Crippen LogP contribution < -0.4 is 5.56 Å². The van der Waals surface area contributed by atoms with Gasteiger partial charge in [-0.1, -0.05) is 12.8 Å². The number of aromatic nitrogens is 3. The zero-order valence-corrected chi connectivity index (χ0v) is 10.5. The van der Waals surface area contributed by atoms with Gasteiger partial charge in [-0.05, 0) is 24.8 Å². The Balaban J connectivity index is 1.67. The third-order valence-electron chi connectivity index (χ3n) is 4.19. The van der Waals surface area contributed by atoms with Crippen LogP contribution in [0.3, 0.4) is 0 Å². The standard InChI is InChI=1S/C14H15N3O2/c18-14-9-5-6-15-7-10(9)16-13(17-14)12-11(19-12)8-3-1-2-4-8/h5-8,11-12H,1-4H2,(H,16,17,18). The van der Waals surface area contributed by atoms with Crippen LogP contribution in [0.1, 0.15) is 37.6 Å². The van der Waals surface area contributed by atoms with Gasteiger partial charge in [0.05, 0.1) is 23.2 Å². The number of pyridine rings is 1. The predicted octanol–water partition coefficient (Wildman–Crippen LogP) is 1.95. The number of nitrogens with zero attached hydrogens (tertiary/aromatic N) is 2. The molecule has 2 fully saturated rings. The van der Waals surface area contributed by atoms with Gasteiger partial charge in [0.15, 0.2) is 0 Å². The SMILES string of the molecule is O=c1[nH]c(C2OC2C2CCCC2)nc2cnccc12. The fourth-order valence-electron chi connectivity index (χ4n) is 3.13. The Bertz CT molecular complexity index is 676. The van der Waals surface area contributed by atoms with Crippen molar-refractivity contribution in [1.29, 1.82) is 0 Å². The molecule has 0 spiro atoms. The average molecular weight is 257 g/mol. The first-order valence-electron chi connectivity index (χ1n) is 6.82. The van der Waals surface area contributed by atoms with Gasteiger partial charge in [0, 0.05) is 6.20 Å². The van der Waals surface area contributed by atoms with Gasteiger partial charge in [-0.2, -0.15) is 0 Å². The summed E-state index contributed by atoms with van der Waals surface area (Å²) in [6.45, 7) is 0. The van der Waals surface area contributed by atoms with E-state index < -0.39 is 0 Å². The molecule has 4 rings (SSSR count). The summed E-state index contributed by atoms with van der Waals surface area (Å²) in [5.74, 6) is 1.29. The number of hydrogen-bond acceptors (Lipinski definition) is 4. The van der Waals surface area contributed by atoms with Gasteiger partial charge in [-0.3, -0.25) is 9.78 Å². The highest BCUT2D eigenvalue weighted by Gasteiger charge is 2.48. The molecule has 1 N–H and O–H groups in total. The highest BCUT2D eigenvalue weighted by atomic mass is 16.6. The molecule has 2 aliphatic rings. The molecule has 1 saturated carbocycles. The molecule has 3 heterocycles. The Labute approximate surface area is 110 Å². The van der Waals surface area contributed by atoms with Crippen molar-refractivity contribution in [2.24, 2.45) is 5.92 Å². The van der Waals surface area contributed by atoms with Crippen molar-refractivity contribution in [2.45, 2.75) is 37.9 Å². The van der Waals surface area contributed by atoms with E-state index in [-0.39, 0.29) is 17.8 Å². The van der Waals surface area contributed by atoms with E-state index in [0.29, 0.717) is 22.6 Å². The van der Waals surface area contributed by atoms with Crippen LogP contribution >= 0.6 is 0 Å². The van der Waals surface area contributed by atoms with Crippen LogP contribution in [0.25, 0.3) is 10.9 Å². The number of ether oxygens (including phenoxy) is 1. The minimum Gasteiger partial charge on any atom is -0.361 e. The van der Waals surface area contributed by atoms with E-state index in [2.05, 4.69) is 15.0 Å². The Kier molecular flexibility index (Phi) is 2.41. The average Bonchev–Trinajstić information content (AvgIpc) is 3.05. The maximum Gasteiger partial charge on any atom is 0.258 e. The van der Waals surface area contributed by atoms with Gasteiger partial charge < -0.3 is 9.72 Å². The molecular formula is C14H15N3O2. The first kappa shape index (κ1) is 11.1. The monoisotopic (exact) mass is 257 g/mol. The zero-order valence-electron chi connectivity index (χ0n) is 10.5. The second-order valence-corrected chi connectivity index (χ2v) is 5.41. The lowest BCUT2D eigenvalue weighted by molar-refractivity contribution is 0.316. The number of H-pyrrole nitrogens is 1. The summed E-state index contributed by atoms with van der Waals surface area (Å²) in [5, 5.41) is 0.580. The quantitative estimate of drug-likeness (QED) is 0.835. The summed E-state index contributed by atoms with van der Waals surface area (Å²) in [6.07, 6.45) is 8.52. The van der Waals surface area contributed by atoms with Gasteiger partial charge in [-0.15, -0.1) is 0 Å². The Morgan fingerprint density at radius 3 is 3.00 bits per heavy atom. The molecule has 0 aromatic carbocycles. The number of aromatic amines is 1. The lowest BCUT2D eigenvalue weighted by Gasteiger charge is -2.03. The van der Waals surface area contributed by atoms with Crippen molar-refractivity contribution in [1.82, 2.24) is 15.0 Å². The minimum absolute atomic E-state index is 0.0274. The smallest absolute Gasteiger partial charge is 0.258 e. The number of rotatable bonds is 2. The molecule has 1 saturated heterocycles. The van der Waals surface area contributed by atoms with Crippen molar-refractivity contribution >= 4 is 10.9 Å². The lowest BCUT2D eigenvalue weighted by Crippen LogP contribution is -2.13. The molecule has 1 aliphatic carbocycles. The van der Waals surface area contributed by atoms with Crippen molar-refractivity contribution in [3.63, 3.8) is 0 Å². The minimum atomic E-state index is -0.108. The second-order valence-electron chi connectivity index (χ2n) is 5.41. The molecule has 19 heavy (non-hydrogen) atoms. The van der Waals surface area contributed by atoms with Crippen molar-refractivity contribution in [3.05, 3.63) is 34.6 Å². The largest absolute Gasteiger partial charge is 0.361 e. The molecule has 2 atom stereocenters. The topological polar surface area (TPSA) is 71.2 Å². The van der Waals surface area contributed by atoms with E-state index in [4.69, 9.17) is 4.74 Å². The van der Waals surface area contributed by atoms with Crippen molar-refractivity contribution < 1.29 is 4.74 Å². The highest BCUT2D eigenvalue weighted by molar-refractivity contribution is 5.75. The van der Waals surface area contributed by atoms with Crippen LogP contribution in [0, 0.1) is 5.92 Å². The molecular weight excluding hydrogens is 242 g/mol. The van der Waals surface area contributed by atoms with Gasteiger partial charge in [0.1, 0.15) is 11.9 Å².